The van der Waals surface area contributed by atoms with E-state index in [1.54, 1.807) is 0 Å². The molecule has 118 valence electrons. The van der Waals surface area contributed by atoms with E-state index in [0.29, 0.717) is 11.8 Å². The number of nitrogens with zero attached hydrogens (tertiary/aromatic N) is 3. The van der Waals surface area contributed by atoms with Crippen molar-refractivity contribution < 1.29 is 0 Å². The third kappa shape index (κ3) is 4.59. The fourth-order valence-electron chi connectivity index (χ4n) is 3.19. The van der Waals surface area contributed by atoms with Crippen molar-refractivity contribution in [1.82, 2.24) is 9.80 Å². The molecule has 0 N–H and O–H groups in total. The van der Waals surface area contributed by atoms with Gasteiger partial charge in [0.2, 0.25) is 0 Å². The van der Waals surface area contributed by atoms with E-state index in [1.165, 1.54) is 12.0 Å². The van der Waals surface area contributed by atoms with Crippen LogP contribution >= 0.6 is 24.0 Å². The second-order valence-corrected chi connectivity index (χ2v) is 5.90. The first-order chi connectivity index (χ1) is 9.63. The summed E-state index contributed by atoms with van der Waals surface area (Å²) in [7, 11) is 4.17. The van der Waals surface area contributed by atoms with E-state index in [1.807, 2.05) is 0 Å². The van der Waals surface area contributed by atoms with Gasteiger partial charge in [0.25, 0.3) is 0 Å². The molecule has 0 aliphatic carbocycles. The minimum absolute atomic E-state index is 0. The smallest absolute Gasteiger partial charge is 0.196 e. The Kier molecular flexibility index (Phi) is 7.49. The van der Waals surface area contributed by atoms with Crippen LogP contribution in [-0.2, 0) is 0 Å². The lowest BCUT2D eigenvalue weighted by Gasteiger charge is -2.40. The minimum atomic E-state index is 0. The molecule has 1 heterocycles. The molecular weight excluding hydrogens is 373 g/mol. The molecule has 2 rings (SSSR count). The molecule has 1 fully saturated rings. The van der Waals surface area contributed by atoms with Crippen molar-refractivity contribution in [3.05, 3.63) is 35.9 Å². The molecule has 21 heavy (non-hydrogen) atoms. The highest BCUT2D eigenvalue weighted by Gasteiger charge is 2.29. The number of hydrogen-bond acceptors (Lipinski definition) is 1. The van der Waals surface area contributed by atoms with E-state index in [9.17, 15) is 0 Å². The first-order valence-electron chi connectivity index (χ1n) is 7.65. The van der Waals surface area contributed by atoms with Gasteiger partial charge in [-0.2, -0.15) is 0 Å². The molecule has 1 aliphatic rings. The molecule has 1 aromatic carbocycles. The molecule has 3 nitrogen and oxygen atoms in total. The Bertz CT molecular complexity index is 445. The number of halogens is 1. The fourth-order valence-corrected chi connectivity index (χ4v) is 3.19. The van der Waals surface area contributed by atoms with Crippen LogP contribution in [0, 0.1) is 5.92 Å². The molecule has 2 atom stereocenters. The van der Waals surface area contributed by atoms with Gasteiger partial charge >= 0.3 is 0 Å². The maximum atomic E-state index is 4.65. The quantitative estimate of drug-likeness (QED) is 0.428. The van der Waals surface area contributed by atoms with Crippen molar-refractivity contribution >= 4 is 29.9 Å². The van der Waals surface area contributed by atoms with Crippen LogP contribution in [0.1, 0.15) is 31.7 Å². The third-order valence-electron chi connectivity index (χ3n) is 4.12. The van der Waals surface area contributed by atoms with Gasteiger partial charge in [0.15, 0.2) is 5.96 Å². The van der Waals surface area contributed by atoms with Gasteiger partial charge in [-0.1, -0.05) is 37.3 Å². The number of benzene rings is 1. The van der Waals surface area contributed by atoms with Gasteiger partial charge in [0.05, 0.1) is 0 Å². The van der Waals surface area contributed by atoms with E-state index in [2.05, 4.69) is 73.1 Å². The van der Waals surface area contributed by atoms with Crippen LogP contribution in [0.4, 0.5) is 0 Å². The van der Waals surface area contributed by atoms with Crippen LogP contribution in [0.15, 0.2) is 35.3 Å². The van der Waals surface area contributed by atoms with Gasteiger partial charge in [-0.3, -0.25) is 4.99 Å². The normalized spacial score (nSPS) is 22.7. The summed E-state index contributed by atoms with van der Waals surface area (Å²) < 4.78 is 0. The van der Waals surface area contributed by atoms with Gasteiger partial charge < -0.3 is 9.80 Å². The SMILES string of the molecule is CCN=C(N(C)C)N1CCC(c2ccccc2)C(C)C1.I. The summed E-state index contributed by atoms with van der Waals surface area (Å²) in [6.07, 6.45) is 1.21. The van der Waals surface area contributed by atoms with E-state index < -0.39 is 0 Å². The van der Waals surface area contributed by atoms with E-state index in [0.717, 1.165) is 25.6 Å². The number of guanidine groups is 1. The zero-order chi connectivity index (χ0) is 14.5. The Hall–Kier alpha value is -0.780. The van der Waals surface area contributed by atoms with E-state index in [-0.39, 0.29) is 24.0 Å². The molecule has 0 aromatic heterocycles. The van der Waals surface area contributed by atoms with Crippen LogP contribution < -0.4 is 0 Å². The van der Waals surface area contributed by atoms with Crippen molar-refractivity contribution in [2.24, 2.45) is 10.9 Å². The average molecular weight is 401 g/mol. The monoisotopic (exact) mass is 401 g/mol. The number of rotatable bonds is 2. The zero-order valence-corrected chi connectivity index (χ0v) is 16.0. The fraction of sp³-hybridized carbons (Fsp3) is 0.588. The molecule has 4 heteroatoms. The molecule has 1 saturated heterocycles. The Morgan fingerprint density at radius 2 is 1.95 bits per heavy atom. The first kappa shape index (κ1) is 18.3. The van der Waals surface area contributed by atoms with Crippen LogP contribution in [0.25, 0.3) is 0 Å². The molecule has 0 bridgehead atoms. The van der Waals surface area contributed by atoms with Crippen LogP contribution in [0.3, 0.4) is 0 Å². The third-order valence-corrected chi connectivity index (χ3v) is 4.12. The lowest BCUT2D eigenvalue weighted by molar-refractivity contribution is 0.223. The molecule has 1 aliphatic heterocycles. The maximum Gasteiger partial charge on any atom is 0.196 e. The van der Waals surface area contributed by atoms with Crippen molar-refractivity contribution in [2.45, 2.75) is 26.2 Å². The predicted octanol–water partition coefficient (Wildman–Crippen LogP) is 3.67. The summed E-state index contributed by atoms with van der Waals surface area (Å²) in [6.45, 7) is 7.50. The van der Waals surface area contributed by atoms with Crippen molar-refractivity contribution in [2.75, 3.05) is 33.7 Å². The summed E-state index contributed by atoms with van der Waals surface area (Å²) in [5.74, 6) is 2.47. The summed E-state index contributed by atoms with van der Waals surface area (Å²) in [4.78, 5) is 9.22. The van der Waals surface area contributed by atoms with E-state index >= 15 is 0 Å². The number of hydrogen-bond donors (Lipinski definition) is 0. The zero-order valence-electron chi connectivity index (χ0n) is 13.6. The van der Waals surface area contributed by atoms with Gasteiger partial charge in [0.1, 0.15) is 0 Å². The highest BCUT2D eigenvalue weighted by Crippen LogP contribution is 2.32. The Balaban J connectivity index is 0.00000220. The second-order valence-electron chi connectivity index (χ2n) is 5.90. The largest absolute Gasteiger partial charge is 0.349 e. The van der Waals surface area contributed by atoms with Crippen molar-refractivity contribution in [1.29, 1.82) is 0 Å². The lowest BCUT2D eigenvalue weighted by atomic mass is 9.82. The van der Waals surface area contributed by atoms with Gasteiger partial charge in [-0.05, 0) is 30.7 Å². The van der Waals surface area contributed by atoms with Crippen molar-refractivity contribution in [3.8, 4) is 0 Å². The summed E-state index contributed by atoms with van der Waals surface area (Å²) in [5.41, 5.74) is 1.48. The van der Waals surface area contributed by atoms with Crippen LogP contribution in [0.2, 0.25) is 0 Å². The predicted molar refractivity (Wildman–Crippen MR) is 102 cm³/mol. The van der Waals surface area contributed by atoms with Gasteiger partial charge in [0, 0.05) is 33.7 Å². The Morgan fingerprint density at radius 1 is 1.29 bits per heavy atom. The molecule has 0 amide bonds. The number of aliphatic imine (C=N–C) groups is 1. The summed E-state index contributed by atoms with van der Waals surface area (Å²) in [6, 6.07) is 10.9. The molecule has 1 aromatic rings. The Morgan fingerprint density at radius 3 is 2.48 bits per heavy atom. The second kappa shape index (κ2) is 8.61. The molecule has 2 unspecified atom stereocenters. The highest BCUT2D eigenvalue weighted by molar-refractivity contribution is 14.0. The summed E-state index contributed by atoms with van der Waals surface area (Å²) >= 11 is 0. The standard InChI is InChI=1S/C17H27N3.HI/c1-5-18-17(19(3)4)20-12-11-16(14(2)13-20)15-9-7-6-8-10-15;/h6-10,14,16H,5,11-13H2,1-4H3;1H. The van der Waals surface area contributed by atoms with Crippen LogP contribution in [-0.4, -0.2) is 49.5 Å². The Labute approximate surface area is 146 Å². The van der Waals surface area contributed by atoms with Gasteiger partial charge in [-0.25, -0.2) is 0 Å². The molecule has 0 radical (unpaired) electrons. The maximum absolute atomic E-state index is 4.65. The molecule has 0 saturated carbocycles. The average Bonchev–Trinajstić information content (AvgIpc) is 2.45. The number of piperidine rings is 1. The van der Waals surface area contributed by atoms with E-state index in [4.69, 9.17) is 0 Å². The minimum Gasteiger partial charge on any atom is -0.349 e. The summed E-state index contributed by atoms with van der Waals surface area (Å²) in [5, 5.41) is 0. The van der Waals surface area contributed by atoms with Crippen LogP contribution in [0.5, 0.6) is 0 Å². The van der Waals surface area contributed by atoms with Gasteiger partial charge in [-0.15, -0.1) is 24.0 Å². The lowest BCUT2D eigenvalue weighted by Crippen LogP contribution is -2.47. The highest BCUT2D eigenvalue weighted by atomic mass is 127. The molecular formula is C17H28IN3. The number of likely N-dealkylation sites (tertiary alicyclic amines) is 1. The first-order valence-corrected chi connectivity index (χ1v) is 7.65. The molecule has 0 spiro atoms. The topological polar surface area (TPSA) is 18.8 Å². The van der Waals surface area contributed by atoms with Crippen molar-refractivity contribution in [3.63, 3.8) is 0 Å².